The molecule has 0 atom stereocenters. The highest BCUT2D eigenvalue weighted by atomic mass is 79.9. The van der Waals surface area contributed by atoms with Crippen LogP contribution in [0.1, 0.15) is 37.8 Å². The van der Waals surface area contributed by atoms with Crippen LogP contribution in [0.3, 0.4) is 0 Å². The first-order valence-corrected chi connectivity index (χ1v) is 9.94. The van der Waals surface area contributed by atoms with Crippen molar-refractivity contribution in [2.45, 2.75) is 39.8 Å². The third kappa shape index (κ3) is 6.15. The van der Waals surface area contributed by atoms with Crippen LogP contribution < -0.4 is 14.8 Å². The minimum absolute atomic E-state index is 0.236. The molecule has 0 aliphatic heterocycles. The van der Waals surface area contributed by atoms with Gasteiger partial charge in [0.25, 0.3) is 0 Å². The van der Waals surface area contributed by atoms with Crippen LogP contribution in [0.4, 0.5) is 4.39 Å². The molecule has 3 nitrogen and oxygen atoms in total. The number of benzene rings is 2. The molecule has 0 amide bonds. The van der Waals surface area contributed by atoms with E-state index in [1.165, 1.54) is 12.1 Å². The largest absolute Gasteiger partial charge is 0.490 e. The summed E-state index contributed by atoms with van der Waals surface area (Å²) in [6.45, 7) is 6.61. The Bertz CT molecular complexity index is 727. The lowest BCUT2D eigenvalue weighted by Gasteiger charge is -2.16. The van der Waals surface area contributed by atoms with Gasteiger partial charge < -0.3 is 14.8 Å². The Kier molecular flexibility index (Phi) is 8.69. The minimum Gasteiger partial charge on any atom is -0.490 e. The molecular formula is C20H24BrClFNO2. The zero-order valence-corrected chi connectivity index (χ0v) is 17.4. The van der Waals surface area contributed by atoms with Crippen LogP contribution in [-0.4, -0.2) is 13.2 Å². The number of nitrogens with one attached hydrogen (secondary N) is 1. The fourth-order valence-electron chi connectivity index (χ4n) is 2.41. The normalized spacial score (nSPS) is 10.8. The van der Waals surface area contributed by atoms with Crippen LogP contribution in [0, 0.1) is 5.82 Å². The molecule has 1 N–H and O–H groups in total. The lowest BCUT2D eigenvalue weighted by Crippen LogP contribution is -2.15. The first-order chi connectivity index (χ1) is 12.5. The molecule has 142 valence electrons. The minimum atomic E-state index is -0.364. The van der Waals surface area contributed by atoms with E-state index in [9.17, 15) is 4.39 Å². The molecule has 0 aromatic heterocycles. The van der Waals surface area contributed by atoms with Gasteiger partial charge >= 0.3 is 0 Å². The van der Waals surface area contributed by atoms with E-state index in [0.717, 1.165) is 41.5 Å². The Morgan fingerprint density at radius 3 is 2.54 bits per heavy atom. The van der Waals surface area contributed by atoms with E-state index >= 15 is 0 Å². The second-order valence-corrected chi connectivity index (χ2v) is 7.14. The Hall–Kier alpha value is -1.30. The van der Waals surface area contributed by atoms with Gasteiger partial charge in [0.2, 0.25) is 0 Å². The van der Waals surface area contributed by atoms with Gasteiger partial charge in [-0.05, 0) is 49.7 Å². The highest BCUT2D eigenvalue weighted by molar-refractivity contribution is 9.10. The van der Waals surface area contributed by atoms with Crippen molar-refractivity contribution in [2.24, 2.45) is 0 Å². The topological polar surface area (TPSA) is 30.5 Å². The molecule has 0 unspecified atom stereocenters. The summed E-state index contributed by atoms with van der Waals surface area (Å²) < 4.78 is 25.7. The Morgan fingerprint density at radius 1 is 1.08 bits per heavy atom. The second kappa shape index (κ2) is 10.8. The predicted octanol–water partition coefficient (Wildman–Crippen LogP) is 6.11. The van der Waals surface area contributed by atoms with Crippen molar-refractivity contribution in [2.75, 3.05) is 13.2 Å². The van der Waals surface area contributed by atoms with E-state index < -0.39 is 0 Å². The molecule has 0 aliphatic rings. The van der Waals surface area contributed by atoms with Crippen molar-refractivity contribution in [1.29, 1.82) is 0 Å². The van der Waals surface area contributed by atoms with Crippen molar-refractivity contribution in [3.05, 3.63) is 56.8 Å². The maximum absolute atomic E-state index is 13.2. The van der Waals surface area contributed by atoms with Crippen molar-refractivity contribution < 1.29 is 13.9 Å². The highest BCUT2D eigenvalue weighted by Crippen LogP contribution is 2.35. The summed E-state index contributed by atoms with van der Waals surface area (Å²) in [7, 11) is 0. The summed E-state index contributed by atoms with van der Waals surface area (Å²) in [6.07, 6.45) is 2.31. The molecular weight excluding hydrogens is 421 g/mol. The zero-order valence-electron chi connectivity index (χ0n) is 15.1. The van der Waals surface area contributed by atoms with Gasteiger partial charge in [-0.1, -0.05) is 46.9 Å². The Balaban J connectivity index is 2.12. The van der Waals surface area contributed by atoms with Gasteiger partial charge in [-0.15, -0.1) is 0 Å². The van der Waals surface area contributed by atoms with E-state index in [0.29, 0.717) is 23.1 Å². The van der Waals surface area contributed by atoms with Crippen molar-refractivity contribution in [1.82, 2.24) is 5.32 Å². The first-order valence-electron chi connectivity index (χ1n) is 8.77. The molecule has 0 fully saturated rings. The maximum atomic E-state index is 13.2. The Morgan fingerprint density at radius 2 is 1.85 bits per heavy atom. The number of rotatable bonds is 10. The monoisotopic (exact) mass is 443 g/mol. The van der Waals surface area contributed by atoms with Crippen LogP contribution >= 0.6 is 27.5 Å². The number of unbranched alkanes of at least 4 members (excludes halogenated alkanes) is 1. The average molecular weight is 445 g/mol. The molecule has 6 heteroatoms. The van der Waals surface area contributed by atoms with Gasteiger partial charge in [-0.2, -0.15) is 0 Å². The highest BCUT2D eigenvalue weighted by Gasteiger charge is 2.12. The lowest BCUT2D eigenvalue weighted by atomic mass is 10.2. The van der Waals surface area contributed by atoms with Crippen LogP contribution in [0.25, 0.3) is 0 Å². The summed E-state index contributed by atoms with van der Waals surface area (Å²) in [6, 6.07) is 8.16. The van der Waals surface area contributed by atoms with Crippen LogP contribution in [-0.2, 0) is 13.2 Å². The van der Waals surface area contributed by atoms with Gasteiger partial charge in [-0.25, -0.2) is 4.39 Å². The third-order valence-electron chi connectivity index (χ3n) is 3.83. The standard InChI is InChI=1S/C20H24BrClFNO2/c1-3-5-8-24-12-15-9-19(25-4-2)20(11-17(15)21)26-13-14-6-7-16(23)10-18(14)22/h6-7,9-11,24H,3-5,8,12-13H2,1-2H3. The number of halogens is 3. The second-order valence-electron chi connectivity index (χ2n) is 5.88. The zero-order chi connectivity index (χ0) is 18.9. The molecule has 0 bridgehead atoms. The van der Waals surface area contributed by atoms with Crippen molar-refractivity contribution in [3.63, 3.8) is 0 Å². The lowest BCUT2D eigenvalue weighted by molar-refractivity contribution is 0.269. The van der Waals surface area contributed by atoms with Gasteiger partial charge in [0.1, 0.15) is 12.4 Å². The molecule has 0 aliphatic carbocycles. The fourth-order valence-corrected chi connectivity index (χ4v) is 3.10. The number of hydrogen-bond acceptors (Lipinski definition) is 3. The van der Waals surface area contributed by atoms with E-state index in [-0.39, 0.29) is 12.4 Å². The van der Waals surface area contributed by atoms with Gasteiger partial charge in [-0.3, -0.25) is 0 Å². The molecule has 0 heterocycles. The van der Waals surface area contributed by atoms with Crippen LogP contribution in [0.15, 0.2) is 34.8 Å². The molecule has 0 radical (unpaired) electrons. The quantitative estimate of drug-likeness (QED) is 0.449. The summed E-state index contributed by atoms with van der Waals surface area (Å²) in [5.41, 5.74) is 1.83. The predicted molar refractivity (Wildman–Crippen MR) is 108 cm³/mol. The van der Waals surface area contributed by atoms with Crippen LogP contribution in [0.5, 0.6) is 11.5 Å². The van der Waals surface area contributed by atoms with Crippen LogP contribution in [0.2, 0.25) is 5.02 Å². The molecule has 0 saturated heterocycles. The molecule has 0 spiro atoms. The SMILES string of the molecule is CCCCNCc1cc(OCC)c(OCc2ccc(F)cc2Cl)cc1Br. The van der Waals surface area contributed by atoms with Gasteiger partial charge in [0.15, 0.2) is 11.5 Å². The molecule has 2 aromatic carbocycles. The summed E-state index contributed by atoms with van der Waals surface area (Å²) in [4.78, 5) is 0. The number of ether oxygens (including phenoxy) is 2. The van der Waals surface area contributed by atoms with E-state index in [2.05, 4.69) is 28.2 Å². The number of hydrogen-bond donors (Lipinski definition) is 1. The van der Waals surface area contributed by atoms with Crippen molar-refractivity contribution in [3.8, 4) is 11.5 Å². The van der Waals surface area contributed by atoms with E-state index in [1.807, 2.05) is 19.1 Å². The summed E-state index contributed by atoms with van der Waals surface area (Å²) in [5.74, 6) is 0.939. The molecule has 2 rings (SSSR count). The van der Waals surface area contributed by atoms with E-state index in [4.69, 9.17) is 21.1 Å². The fraction of sp³-hybridized carbons (Fsp3) is 0.400. The van der Waals surface area contributed by atoms with Gasteiger partial charge in [0, 0.05) is 16.6 Å². The molecule has 2 aromatic rings. The molecule has 0 saturated carbocycles. The average Bonchev–Trinajstić information content (AvgIpc) is 2.61. The summed E-state index contributed by atoms with van der Waals surface area (Å²) in [5, 5.41) is 3.77. The molecule has 26 heavy (non-hydrogen) atoms. The third-order valence-corrected chi connectivity index (χ3v) is 4.92. The smallest absolute Gasteiger partial charge is 0.162 e. The maximum Gasteiger partial charge on any atom is 0.162 e. The summed E-state index contributed by atoms with van der Waals surface area (Å²) >= 11 is 9.67. The first kappa shape index (κ1) is 21.0. The van der Waals surface area contributed by atoms with Crippen molar-refractivity contribution >= 4 is 27.5 Å². The Labute approximate surface area is 168 Å². The van der Waals surface area contributed by atoms with Gasteiger partial charge in [0.05, 0.1) is 11.6 Å². The van der Waals surface area contributed by atoms with E-state index in [1.54, 1.807) is 6.07 Å².